The summed E-state index contributed by atoms with van der Waals surface area (Å²) in [5, 5.41) is 6.97. The Hall–Kier alpha value is -7.69. The highest BCUT2D eigenvalue weighted by molar-refractivity contribution is 6.18. The van der Waals surface area contributed by atoms with E-state index in [2.05, 4.69) is 199 Å². The fraction of sp³-hybridized carbons (Fsp3) is 0.145. The van der Waals surface area contributed by atoms with E-state index in [4.69, 9.17) is 19.4 Å². The summed E-state index contributed by atoms with van der Waals surface area (Å²) >= 11 is 0. The number of para-hydroxylation sites is 1. The van der Waals surface area contributed by atoms with E-state index in [1.54, 1.807) is 0 Å². The molecule has 0 amide bonds. The van der Waals surface area contributed by atoms with Crippen LogP contribution in [-0.4, -0.2) is 15.0 Å². The normalized spacial score (nSPS) is 15.5. The summed E-state index contributed by atoms with van der Waals surface area (Å²) < 4.78 is 6.94. The van der Waals surface area contributed by atoms with Crippen LogP contribution in [0.25, 0.3) is 111 Å². The van der Waals surface area contributed by atoms with Gasteiger partial charge < -0.3 is 4.42 Å². The Morgan fingerprint density at radius 2 is 0.894 bits per heavy atom. The average Bonchev–Trinajstić information content (AvgIpc) is 3.99. The minimum Gasteiger partial charge on any atom is -0.455 e. The molecule has 0 fully saturated rings. The quantitative estimate of drug-likeness (QED) is 0.166. The van der Waals surface area contributed by atoms with Crippen molar-refractivity contribution < 1.29 is 4.42 Å². The van der Waals surface area contributed by atoms with E-state index in [0.29, 0.717) is 17.5 Å². The van der Waals surface area contributed by atoms with E-state index in [1.807, 2.05) is 6.07 Å². The van der Waals surface area contributed by atoms with E-state index < -0.39 is 0 Å². The highest BCUT2D eigenvalue weighted by atomic mass is 16.3. The molecular weight excluding hydrogens is 803 g/mol. The van der Waals surface area contributed by atoms with Crippen molar-refractivity contribution in [2.24, 2.45) is 0 Å². The summed E-state index contributed by atoms with van der Waals surface area (Å²) in [4.78, 5) is 16.5. The van der Waals surface area contributed by atoms with Gasteiger partial charge >= 0.3 is 0 Å². The largest absolute Gasteiger partial charge is 0.455 e. The predicted octanol–water partition coefficient (Wildman–Crippen LogP) is 16.0. The molecule has 0 N–H and O–H groups in total. The number of hydrogen-bond donors (Lipinski definition) is 0. The van der Waals surface area contributed by atoms with Gasteiger partial charge in [-0.05, 0) is 107 Å². The van der Waals surface area contributed by atoms with Gasteiger partial charge in [0, 0.05) is 49.3 Å². The van der Waals surface area contributed by atoms with Crippen LogP contribution in [0.3, 0.4) is 0 Å². The lowest BCUT2D eigenvalue weighted by Crippen LogP contribution is -2.15. The van der Waals surface area contributed by atoms with Gasteiger partial charge in [0.1, 0.15) is 11.2 Å². The Balaban J connectivity index is 1.05. The highest BCUT2D eigenvalue weighted by Crippen LogP contribution is 2.56. The molecule has 314 valence electrons. The standard InChI is InChI=1S/C62H45N3O/c1-60(2)46-19-11-7-15-38(46)40-29-28-37(32-49(40)60)58-63-57(36-26-24-34-23-25-35-27-30-41-39-16-8-12-20-47(39)62(5,6)55(41)52(35)44(34)31-36)64-59(65-58)45-33-50-54(42-17-9-13-21-48(42)61(50,3)4)56-53(45)43-18-10-14-22-51(43)66-56/h7-33H,1-6H3. The Bertz CT molecular complexity index is 3980. The molecule has 3 aliphatic carbocycles. The molecule has 11 aromatic rings. The molecular formula is C62H45N3O. The third-order valence-corrected chi connectivity index (χ3v) is 15.7. The zero-order chi connectivity index (χ0) is 44.4. The first-order valence-corrected chi connectivity index (χ1v) is 23.2. The Labute approximate surface area is 383 Å². The highest BCUT2D eigenvalue weighted by Gasteiger charge is 2.40. The monoisotopic (exact) mass is 847 g/mol. The molecule has 0 aliphatic heterocycles. The van der Waals surface area contributed by atoms with Gasteiger partial charge in [-0.25, -0.2) is 15.0 Å². The molecule has 0 saturated heterocycles. The molecule has 0 bridgehead atoms. The van der Waals surface area contributed by atoms with Crippen molar-refractivity contribution in [3.05, 3.63) is 197 Å². The maximum absolute atomic E-state index is 6.94. The molecule has 9 aromatic carbocycles. The van der Waals surface area contributed by atoms with E-state index >= 15 is 0 Å². The van der Waals surface area contributed by atoms with Crippen LogP contribution in [0.2, 0.25) is 0 Å². The molecule has 4 heteroatoms. The predicted molar refractivity (Wildman–Crippen MR) is 271 cm³/mol. The third kappa shape index (κ3) is 4.86. The molecule has 4 nitrogen and oxygen atoms in total. The van der Waals surface area contributed by atoms with Gasteiger partial charge in [0.15, 0.2) is 17.5 Å². The average molecular weight is 848 g/mol. The number of nitrogens with zero attached hydrogens (tertiary/aromatic N) is 3. The molecule has 66 heavy (non-hydrogen) atoms. The summed E-state index contributed by atoms with van der Waals surface area (Å²) in [6, 6.07) is 59.9. The van der Waals surface area contributed by atoms with Crippen molar-refractivity contribution in [2.75, 3.05) is 0 Å². The number of benzene rings is 9. The number of hydrogen-bond acceptors (Lipinski definition) is 4. The van der Waals surface area contributed by atoms with Crippen LogP contribution in [0.5, 0.6) is 0 Å². The second-order valence-corrected chi connectivity index (χ2v) is 20.3. The maximum atomic E-state index is 6.94. The molecule has 0 radical (unpaired) electrons. The number of furan rings is 1. The van der Waals surface area contributed by atoms with Crippen molar-refractivity contribution >= 4 is 43.5 Å². The number of fused-ring (bicyclic) bond motifs is 17. The molecule has 0 atom stereocenters. The van der Waals surface area contributed by atoms with Crippen LogP contribution in [0, 0.1) is 0 Å². The number of rotatable bonds is 3. The van der Waals surface area contributed by atoms with Crippen LogP contribution in [0.15, 0.2) is 168 Å². The lowest BCUT2D eigenvalue weighted by Gasteiger charge is -2.24. The molecule has 0 unspecified atom stereocenters. The maximum Gasteiger partial charge on any atom is 0.164 e. The summed E-state index contributed by atoms with van der Waals surface area (Å²) in [5.41, 5.74) is 19.3. The van der Waals surface area contributed by atoms with E-state index in [9.17, 15) is 0 Å². The molecule has 0 saturated carbocycles. The van der Waals surface area contributed by atoms with Crippen LogP contribution >= 0.6 is 0 Å². The first-order chi connectivity index (χ1) is 32.0. The zero-order valence-electron chi connectivity index (χ0n) is 37.8. The first kappa shape index (κ1) is 37.7. The summed E-state index contributed by atoms with van der Waals surface area (Å²) in [7, 11) is 0. The van der Waals surface area contributed by atoms with E-state index in [1.165, 1.54) is 82.7 Å². The zero-order valence-corrected chi connectivity index (χ0v) is 37.8. The minimum atomic E-state index is -0.278. The molecule has 3 aliphatic rings. The van der Waals surface area contributed by atoms with E-state index in [0.717, 1.165) is 44.2 Å². The summed E-state index contributed by atoms with van der Waals surface area (Å²) in [6.07, 6.45) is 0. The lowest BCUT2D eigenvalue weighted by molar-refractivity contribution is 0.653. The van der Waals surface area contributed by atoms with Crippen molar-refractivity contribution in [1.82, 2.24) is 15.0 Å². The smallest absolute Gasteiger partial charge is 0.164 e. The fourth-order valence-corrected chi connectivity index (χ4v) is 12.4. The van der Waals surface area contributed by atoms with Gasteiger partial charge in [0.25, 0.3) is 0 Å². The van der Waals surface area contributed by atoms with Crippen molar-refractivity contribution in [2.45, 2.75) is 57.8 Å². The molecule has 2 aromatic heterocycles. The van der Waals surface area contributed by atoms with E-state index in [-0.39, 0.29) is 16.2 Å². The van der Waals surface area contributed by atoms with Crippen molar-refractivity contribution in [1.29, 1.82) is 0 Å². The van der Waals surface area contributed by atoms with Gasteiger partial charge in [-0.2, -0.15) is 0 Å². The van der Waals surface area contributed by atoms with Gasteiger partial charge in [0.05, 0.1) is 0 Å². The fourth-order valence-electron chi connectivity index (χ4n) is 12.4. The summed E-state index contributed by atoms with van der Waals surface area (Å²) in [5.74, 6) is 1.90. The number of aromatic nitrogens is 3. The Morgan fingerprint density at radius 1 is 0.364 bits per heavy atom. The minimum absolute atomic E-state index is 0.177. The summed E-state index contributed by atoms with van der Waals surface area (Å²) in [6.45, 7) is 14.0. The third-order valence-electron chi connectivity index (χ3n) is 15.7. The van der Waals surface area contributed by atoms with Crippen LogP contribution in [-0.2, 0) is 16.2 Å². The molecule has 0 spiro atoms. The second-order valence-electron chi connectivity index (χ2n) is 20.3. The molecule has 14 rings (SSSR count). The van der Waals surface area contributed by atoms with Gasteiger partial charge in [0.2, 0.25) is 0 Å². The first-order valence-electron chi connectivity index (χ1n) is 23.2. The van der Waals surface area contributed by atoms with Crippen molar-refractivity contribution in [3.8, 4) is 67.5 Å². The lowest BCUT2D eigenvalue weighted by atomic mass is 9.79. The SMILES string of the molecule is CC1(C)c2ccccc2-c2ccc(-c3nc(-c4ccc5ccc6ccc7c(c6c5c4)C(C)(C)c4ccccc4-7)nc(-c4cc5c(c6oc7ccccc7c46)-c4ccccc4C5(C)C)n3)cc21. The van der Waals surface area contributed by atoms with Crippen molar-refractivity contribution in [3.63, 3.8) is 0 Å². The van der Waals surface area contributed by atoms with Gasteiger partial charge in [-0.1, -0.05) is 181 Å². The van der Waals surface area contributed by atoms with Crippen LogP contribution in [0.1, 0.15) is 74.9 Å². The van der Waals surface area contributed by atoms with Gasteiger partial charge in [-0.15, -0.1) is 0 Å². The topological polar surface area (TPSA) is 51.8 Å². The Kier molecular flexibility index (Phi) is 7.28. The Morgan fingerprint density at radius 3 is 1.67 bits per heavy atom. The van der Waals surface area contributed by atoms with Crippen LogP contribution < -0.4 is 0 Å². The van der Waals surface area contributed by atoms with Gasteiger partial charge in [-0.3, -0.25) is 0 Å². The molecule has 2 heterocycles. The van der Waals surface area contributed by atoms with Crippen LogP contribution in [0.4, 0.5) is 0 Å². The second kappa shape index (κ2) is 12.8.